The number of aliphatic hydroxyl groups is 1. The van der Waals surface area contributed by atoms with Gasteiger partial charge < -0.3 is 15.3 Å². The molecule has 1 heterocycles. The molecule has 112 valence electrons. The Morgan fingerprint density at radius 2 is 2.20 bits per heavy atom. The maximum Gasteiger partial charge on any atom is 0.304 e. The minimum atomic E-state index is -0.753. The fraction of sp³-hybridized carbons (Fsp3) is 0.583. The zero-order chi connectivity index (χ0) is 15.4. The molecule has 2 N–H and O–H groups in total. The lowest BCUT2D eigenvalue weighted by atomic mass is 10.1. The molecule has 1 aromatic heterocycles. The second-order valence-electron chi connectivity index (χ2n) is 4.67. The van der Waals surface area contributed by atoms with Crippen molar-refractivity contribution < 1.29 is 14.8 Å². The molecule has 0 aliphatic heterocycles. The van der Waals surface area contributed by atoms with E-state index in [0.717, 1.165) is 0 Å². The van der Waals surface area contributed by atoms with Crippen molar-refractivity contribution >= 4 is 27.9 Å². The van der Waals surface area contributed by atoms with Gasteiger partial charge in [0.05, 0.1) is 16.9 Å². The number of anilines is 1. The molecular weight excluding hydrogens is 282 g/mol. The fourth-order valence-corrected chi connectivity index (χ4v) is 2.86. The van der Waals surface area contributed by atoms with Gasteiger partial charge in [0.25, 0.3) is 0 Å². The van der Waals surface area contributed by atoms with Crippen LogP contribution in [0.3, 0.4) is 0 Å². The van der Waals surface area contributed by atoms with E-state index in [4.69, 9.17) is 0 Å². The number of hydrogen-bond donors (Lipinski definition) is 2. The monoisotopic (exact) mass is 301 g/mol. The van der Waals surface area contributed by atoms with Crippen LogP contribution in [0.1, 0.15) is 24.8 Å². The van der Waals surface area contributed by atoms with E-state index in [1.54, 1.807) is 32.8 Å². The highest BCUT2D eigenvalue weighted by Crippen LogP contribution is 2.39. The van der Waals surface area contributed by atoms with Gasteiger partial charge in [-0.05, 0) is 6.92 Å². The summed E-state index contributed by atoms with van der Waals surface area (Å²) in [6.07, 6.45) is -0.753. The summed E-state index contributed by atoms with van der Waals surface area (Å²) in [7, 11) is 3.25. The smallest absolute Gasteiger partial charge is 0.304 e. The van der Waals surface area contributed by atoms with Gasteiger partial charge in [-0.25, -0.2) is 0 Å². The predicted molar refractivity (Wildman–Crippen MR) is 78.1 cm³/mol. The summed E-state index contributed by atoms with van der Waals surface area (Å²) in [6, 6.07) is 1.38. The number of hydrogen-bond acceptors (Lipinski definition) is 6. The second-order valence-corrected chi connectivity index (χ2v) is 5.73. The van der Waals surface area contributed by atoms with E-state index < -0.39 is 11.0 Å². The molecular formula is C12H19N3O4S. The zero-order valence-corrected chi connectivity index (χ0v) is 12.7. The summed E-state index contributed by atoms with van der Waals surface area (Å²) >= 11 is 1.17. The third-order valence-electron chi connectivity index (χ3n) is 2.91. The maximum absolute atomic E-state index is 11.5. The van der Waals surface area contributed by atoms with Gasteiger partial charge in [0.1, 0.15) is 0 Å². The Morgan fingerprint density at radius 1 is 1.60 bits per heavy atom. The van der Waals surface area contributed by atoms with Crippen molar-refractivity contribution in [3.05, 3.63) is 21.1 Å². The van der Waals surface area contributed by atoms with Crippen molar-refractivity contribution in [2.45, 2.75) is 20.0 Å². The molecule has 0 aromatic carbocycles. The van der Waals surface area contributed by atoms with Crippen LogP contribution in [0.25, 0.3) is 0 Å². The van der Waals surface area contributed by atoms with Crippen molar-refractivity contribution in [1.82, 2.24) is 5.32 Å². The first-order chi connectivity index (χ1) is 9.27. The molecule has 0 spiro atoms. The number of nitrogens with one attached hydrogen (secondary N) is 1. The van der Waals surface area contributed by atoms with Crippen molar-refractivity contribution in [2.24, 2.45) is 5.92 Å². The van der Waals surface area contributed by atoms with Gasteiger partial charge in [0.15, 0.2) is 5.00 Å². The number of carbonyl (C=O) groups excluding carboxylic acids is 1. The molecule has 0 aliphatic rings. The third-order valence-corrected chi connectivity index (χ3v) is 4.32. The van der Waals surface area contributed by atoms with Gasteiger partial charge in [-0.15, -0.1) is 11.3 Å². The molecule has 0 saturated carbocycles. The maximum atomic E-state index is 11.5. The molecule has 0 bridgehead atoms. The standard InChI is InChI=1S/C12H19N3O4S/c1-7(11(17)13-3)6-14(4)12-9(15(18)19)5-10(20-12)8(2)16/h5,7-8,16H,6H2,1-4H3,(H,13,17)/t7?,8-/m1/s1. The van der Waals surface area contributed by atoms with Gasteiger partial charge >= 0.3 is 5.69 Å². The second kappa shape index (κ2) is 6.67. The van der Waals surface area contributed by atoms with E-state index in [0.29, 0.717) is 16.4 Å². The van der Waals surface area contributed by atoms with E-state index >= 15 is 0 Å². The SMILES string of the molecule is CNC(=O)C(C)CN(C)c1sc([C@@H](C)O)cc1[N+](=O)[O-]. The summed E-state index contributed by atoms with van der Waals surface area (Å²) in [5.41, 5.74) is -0.0440. The molecule has 1 unspecified atom stereocenters. The lowest BCUT2D eigenvalue weighted by Crippen LogP contribution is -2.34. The normalized spacial score (nSPS) is 13.7. The average Bonchev–Trinajstić information content (AvgIpc) is 2.82. The van der Waals surface area contributed by atoms with E-state index in [1.165, 1.54) is 17.4 Å². The first-order valence-electron chi connectivity index (χ1n) is 6.16. The first-order valence-corrected chi connectivity index (χ1v) is 6.98. The topological polar surface area (TPSA) is 95.7 Å². The van der Waals surface area contributed by atoms with Crippen molar-refractivity contribution in [3.63, 3.8) is 0 Å². The minimum absolute atomic E-state index is 0.0440. The predicted octanol–water partition coefficient (Wildman–Crippen LogP) is 1.53. The Morgan fingerprint density at radius 3 is 2.65 bits per heavy atom. The van der Waals surface area contributed by atoms with E-state index in [1.807, 2.05) is 0 Å². The zero-order valence-electron chi connectivity index (χ0n) is 11.9. The summed E-state index contributed by atoms with van der Waals surface area (Å²) in [6.45, 7) is 3.68. The number of aliphatic hydroxyl groups excluding tert-OH is 1. The van der Waals surface area contributed by atoms with Crippen LogP contribution >= 0.6 is 11.3 Å². The molecule has 0 saturated heterocycles. The summed E-state index contributed by atoms with van der Waals surface area (Å²) in [5, 5.41) is 23.6. The molecule has 20 heavy (non-hydrogen) atoms. The lowest BCUT2D eigenvalue weighted by molar-refractivity contribution is -0.383. The van der Waals surface area contributed by atoms with E-state index in [-0.39, 0.29) is 17.5 Å². The Kier molecular flexibility index (Phi) is 5.46. The lowest BCUT2D eigenvalue weighted by Gasteiger charge is -2.20. The molecule has 0 radical (unpaired) electrons. The van der Waals surface area contributed by atoms with Gasteiger partial charge in [-0.1, -0.05) is 6.92 Å². The van der Waals surface area contributed by atoms with Crippen LogP contribution in [-0.4, -0.2) is 36.6 Å². The fourth-order valence-electron chi connectivity index (χ4n) is 1.82. The third kappa shape index (κ3) is 3.67. The van der Waals surface area contributed by atoms with Crippen molar-refractivity contribution in [1.29, 1.82) is 0 Å². The van der Waals surface area contributed by atoms with Gasteiger partial charge in [0.2, 0.25) is 5.91 Å². The molecule has 0 aliphatic carbocycles. The highest BCUT2D eigenvalue weighted by atomic mass is 32.1. The van der Waals surface area contributed by atoms with Crippen molar-refractivity contribution in [3.8, 4) is 0 Å². The Bertz CT molecular complexity index is 501. The number of amides is 1. The molecule has 2 atom stereocenters. The number of nitro groups is 1. The van der Waals surface area contributed by atoms with Crippen LogP contribution in [-0.2, 0) is 4.79 Å². The molecule has 0 fully saturated rings. The van der Waals surface area contributed by atoms with Crippen LogP contribution < -0.4 is 10.2 Å². The Balaban J connectivity index is 2.99. The van der Waals surface area contributed by atoms with Crippen LogP contribution in [0.4, 0.5) is 10.7 Å². The average molecular weight is 301 g/mol. The Hall–Kier alpha value is -1.67. The number of carbonyl (C=O) groups is 1. The summed E-state index contributed by atoms with van der Waals surface area (Å²) < 4.78 is 0. The highest BCUT2D eigenvalue weighted by Gasteiger charge is 2.25. The van der Waals surface area contributed by atoms with Gasteiger partial charge in [-0.3, -0.25) is 14.9 Å². The largest absolute Gasteiger partial charge is 0.388 e. The quantitative estimate of drug-likeness (QED) is 0.613. The van der Waals surface area contributed by atoms with Crippen molar-refractivity contribution in [2.75, 3.05) is 25.5 Å². The Labute approximate surface area is 121 Å². The summed E-state index contributed by atoms with van der Waals surface area (Å²) in [5.74, 6) is -0.409. The first kappa shape index (κ1) is 16.4. The molecule has 1 rings (SSSR count). The molecule has 8 heteroatoms. The number of nitrogens with zero attached hydrogens (tertiary/aromatic N) is 2. The molecule has 7 nitrogen and oxygen atoms in total. The van der Waals surface area contributed by atoms with Crippen LogP contribution in [0.5, 0.6) is 0 Å². The number of rotatable bonds is 6. The van der Waals surface area contributed by atoms with Gasteiger partial charge in [-0.2, -0.15) is 0 Å². The molecule has 1 amide bonds. The van der Waals surface area contributed by atoms with Gasteiger partial charge in [0, 0.05) is 31.6 Å². The van der Waals surface area contributed by atoms with E-state index in [9.17, 15) is 20.0 Å². The molecule has 1 aromatic rings. The van der Waals surface area contributed by atoms with Crippen LogP contribution in [0.15, 0.2) is 6.07 Å². The minimum Gasteiger partial charge on any atom is -0.388 e. The van der Waals surface area contributed by atoms with Crippen LogP contribution in [0.2, 0.25) is 0 Å². The highest BCUT2D eigenvalue weighted by molar-refractivity contribution is 7.16. The number of thiophene rings is 1. The van der Waals surface area contributed by atoms with Crippen LogP contribution in [0, 0.1) is 16.0 Å². The van der Waals surface area contributed by atoms with E-state index in [2.05, 4.69) is 5.32 Å². The summed E-state index contributed by atoms with van der Waals surface area (Å²) in [4.78, 5) is 24.3.